The summed E-state index contributed by atoms with van der Waals surface area (Å²) in [6.07, 6.45) is 3.98. The van der Waals surface area contributed by atoms with E-state index in [0.29, 0.717) is 5.92 Å². The van der Waals surface area contributed by atoms with Crippen LogP contribution < -0.4 is 0 Å². The summed E-state index contributed by atoms with van der Waals surface area (Å²) in [5, 5.41) is 9.62. The normalized spacial score (nSPS) is 24.2. The van der Waals surface area contributed by atoms with Crippen molar-refractivity contribution in [2.24, 2.45) is 5.92 Å². The number of pyridine rings is 1. The van der Waals surface area contributed by atoms with Crippen LogP contribution in [0.25, 0.3) is 0 Å². The van der Waals surface area contributed by atoms with Crippen LogP contribution in [0.15, 0.2) is 24.4 Å². The zero-order valence-electron chi connectivity index (χ0n) is 9.84. The first-order valence-corrected chi connectivity index (χ1v) is 6.06. The van der Waals surface area contributed by atoms with Crippen LogP contribution in [0, 0.1) is 5.92 Å². The number of aromatic nitrogens is 1. The maximum Gasteiger partial charge on any atom is 0.0552 e. The number of aliphatic hydroxyl groups is 1. The summed E-state index contributed by atoms with van der Waals surface area (Å²) in [6, 6.07) is 6.03. The topological polar surface area (TPSA) is 36.4 Å². The molecule has 0 aliphatic carbocycles. The molecule has 1 aliphatic heterocycles. The van der Waals surface area contributed by atoms with Crippen LogP contribution in [0.2, 0.25) is 0 Å². The number of hydrogen-bond donors (Lipinski definition) is 1. The highest BCUT2D eigenvalue weighted by atomic mass is 16.3. The fraction of sp³-hybridized carbons (Fsp3) is 0.615. The molecule has 0 spiro atoms. The molecule has 0 saturated carbocycles. The predicted octanol–water partition coefficient (Wildman–Crippen LogP) is 1.67. The fourth-order valence-electron chi connectivity index (χ4n) is 2.35. The van der Waals surface area contributed by atoms with Crippen LogP contribution >= 0.6 is 0 Å². The van der Waals surface area contributed by atoms with Crippen LogP contribution in [-0.2, 0) is 6.54 Å². The molecule has 1 aliphatic rings. The Morgan fingerprint density at radius 2 is 2.44 bits per heavy atom. The summed E-state index contributed by atoms with van der Waals surface area (Å²) in [5.41, 5.74) is 1.12. The van der Waals surface area contributed by atoms with E-state index in [-0.39, 0.29) is 6.10 Å². The number of likely N-dealkylation sites (tertiary alicyclic amines) is 1. The van der Waals surface area contributed by atoms with Crippen molar-refractivity contribution in [3.05, 3.63) is 30.1 Å². The molecule has 2 atom stereocenters. The molecule has 3 nitrogen and oxygen atoms in total. The molecule has 0 amide bonds. The fourth-order valence-corrected chi connectivity index (χ4v) is 2.35. The third-order valence-corrected chi connectivity index (χ3v) is 3.34. The molecule has 1 aromatic heterocycles. The minimum atomic E-state index is -0.188. The SMILES string of the molecule is C[C@H](O)[C@H]1CCCN(Cc2ccccn2)C1. The van der Waals surface area contributed by atoms with Gasteiger partial charge in [-0.15, -0.1) is 0 Å². The molecular formula is C13H20N2O. The summed E-state index contributed by atoms with van der Waals surface area (Å²) in [5.74, 6) is 0.428. The Hall–Kier alpha value is -0.930. The van der Waals surface area contributed by atoms with Crippen molar-refractivity contribution in [1.29, 1.82) is 0 Å². The largest absolute Gasteiger partial charge is 0.393 e. The Kier molecular flexibility index (Phi) is 3.91. The quantitative estimate of drug-likeness (QED) is 0.842. The number of rotatable bonds is 3. The summed E-state index contributed by atoms with van der Waals surface area (Å²) < 4.78 is 0. The average molecular weight is 220 g/mol. The van der Waals surface area contributed by atoms with Gasteiger partial charge in [-0.3, -0.25) is 9.88 Å². The van der Waals surface area contributed by atoms with Crippen molar-refractivity contribution in [1.82, 2.24) is 9.88 Å². The Labute approximate surface area is 97.1 Å². The zero-order chi connectivity index (χ0) is 11.4. The van der Waals surface area contributed by atoms with Gasteiger partial charge >= 0.3 is 0 Å². The second kappa shape index (κ2) is 5.41. The van der Waals surface area contributed by atoms with E-state index in [1.807, 2.05) is 25.3 Å². The maximum absolute atomic E-state index is 9.62. The minimum absolute atomic E-state index is 0.188. The van der Waals surface area contributed by atoms with Gasteiger partial charge in [-0.05, 0) is 44.4 Å². The lowest BCUT2D eigenvalue weighted by Crippen LogP contribution is -2.39. The van der Waals surface area contributed by atoms with Gasteiger partial charge in [-0.2, -0.15) is 0 Å². The first-order valence-electron chi connectivity index (χ1n) is 6.06. The molecule has 2 heterocycles. The van der Waals surface area contributed by atoms with Crippen molar-refractivity contribution in [3.8, 4) is 0 Å². The summed E-state index contributed by atoms with van der Waals surface area (Å²) in [6.45, 7) is 4.92. The van der Waals surface area contributed by atoms with E-state index in [9.17, 15) is 5.11 Å². The average Bonchev–Trinajstić information content (AvgIpc) is 2.30. The van der Waals surface area contributed by atoms with E-state index in [4.69, 9.17) is 0 Å². The third-order valence-electron chi connectivity index (χ3n) is 3.34. The predicted molar refractivity (Wildman–Crippen MR) is 63.9 cm³/mol. The van der Waals surface area contributed by atoms with Crippen molar-refractivity contribution in [2.45, 2.75) is 32.4 Å². The Morgan fingerprint density at radius 1 is 1.56 bits per heavy atom. The lowest BCUT2D eigenvalue weighted by Gasteiger charge is -2.33. The van der Waals surface area contributed by atoms with E-state index >= 15 is 0 Å². The minimum Gasteiger partial charge on any atom is -0.393 e. The highest BCUT2D eigenvalue weighted by molar-refractivity contribution is 5.03. The lowest BCUT2D eigenvalue weighted by molar-refractivity contribution is 0.0594. The molecule has 1 aromatic rings. The van der Waals surface area contributed by atoms with E-state index in [1.54, 1.807) is 0 Å². The third kappa shape index (κ3) is 3.03. The molecule has 0 unspecified atom stereocenters. The van der Waals surface area contributed by atoms with Gasteiger partial charge in [0, 0.05) is 19.3 Å². The first kappa shape index (κ1) is 11.6. The van der Waals surface area contributed by atoms with Gasteiger partial charge in [-0.25, -0.2) is 0 Å². The molecule has 0 radical (unpaired) electrons. The molecule has 16 heavy (non-hydrogen) atoms. The zero-order valence-corrected chi connectivity index (χ0v) is 9.84. The van der Waals surface area contributed by atoms with Gasteiger partial charge in [0.05, 0.1) is 11.8 Å². The van der Waals surface area contributed by atoms with Gasteiger partial charge in [-0.1, -0.05) is 6.07 Å². The van der Waals surface area contributed by atoms with Crippen molar-refractivity contribution in [3.63, 3.8) is 0 Å². The molecule has 1 saturated heterocycles. The van der Waals surface area contributed by atoms with Gasteiger partial charge in [0.15, 0.2) is 0 Å². The highest BCUT2D eigenvalue weighted by Gasteiger charge is 2.23. The summed E-state index contributed by atoms with van der Waals surface area (Å²) in [4.78, 5) is 6.73. The van der Waals surface area contributed by atoms with Crippen LogP contribution in [0.3, 0.4) is 0 Å². The maximum atomic E-state index is 9.62. The van der Waals surface area contributed by atoms with Gasteiger partial charge in [0.25, 0.3) is 0 Å². The van der Waals surface area contributed by atoms with Gasteiger partial charge in [0.1, 0.15) is 0 Å². The Balaban J connectivity index is 1.90. The second-order valence-corrected chi connectivity index (χ2v) is 4.70. The second-order valence-electron chi connectivity index (χ2n) is 4.70. The lowest BCUT2D eigenvalue weighted by atomic mass is 9.93. The van der Waals surface area contributed by atoms with E-state index < -0.39 is 0 Å². The Morgan fingerprint density at radius 3 is 3.12 bits per heavy atom. The van der Waals surface area contributed by atoms with E-state index in [1.165, 1.54) is 6.42 Å². The number of hydrogen-bond acceptors (Lipinski definition) is 3. The molecule has 1 N–H and O–H groups in total. The molecule has 88 valence electrons. The standard InChI is InChI=1S/C13H20N2O/c1-11(16)12-5-4-8-15(9-12)10-13-6-2-3-7-14-13/h2-3,6-7,11-12,16H,4-5,8-10H2,1H3/t11-,12-/m0/s1. The number of nitrogens with zero attached hydrogens (tertiary/aromatic N) is 2. The van der Waals surface area contributed by atoms with Gasteiger partial charge in [0.2, 0.25) is 0 Å². The van der Waals surface area contributed by atoms with Crippen molar-refractivity contribution < 1.29 is 5.11 Å². The van der Waals surface area contributed by atoms with Crippen LogP contribution in [0.1, 0.15) is 25.5 Å². The smallest absolute Gasteiger partial charge is 0.0552 e. The number of aliphatic hydroxyl groups excluding tert-OH is 1. The van der Waals surface area contributed by atoms with Crippen molar-refractivity contribution in [2.75, 3.05) is 13.1 Å². The van der Waals surface area contributed by atoms with E-state index in [2.05, 4.69) is 16.0 Å². The first-order chi connectivity index (χ1) is 7.75. The molecule has 3 heteroatoms. The van der Waals surface area contributed by atoms with E-state index in [0.717, 1.165) is 31.7 Å². The molecular weight excluding hydrogens is 200 g/mol. The summed E-state index contributed by atoms with van der Waals surface area (Å²) in [7, 11) is 0. The van der Waals surface area contributed by atoms with Crippen LogP contribution in [0.4, 0.5) is 0 Å². The number of piperidine rings is 1. The van der Waals surface area contributed by atoms with Crippen LogP contribution in [-0.4, -0.2) is 34.2 Å². The molecule has 0 aromatic carbocycles. The monoisotopic (exact) mass is 220 g/mol. The molecule has 2 rings (SSSR count). The van der Waals surface area contributed by atoms with Gasteiger partial charge < -0.3 is 5.11 Å². The molecule has 1 fully saturated rings. The van der Waals surface area contributed by atoms with Crippen molar-refractivity contribution >= 4 is 0 Å². The summed E-state index contributed by atoms with van der Waals surface area (Å²) >= 11 is 0. The van der Waals surface area contributed by atoms with Crippen LogP contribution in [0.5, 0.6) is 0 Å². The highest BCUT2D eigenvalue weighted by Crippen LogP contribution is 2.20. The molecule has 0 bridgehead atoms. The Bertz CT molecular complexity index is 313.